The summed E-state index contributed by atoms with van der Waals surface area (Å²) >= 11 is 0. The normalized spacial score (nSPS) is 16.2. The minimum absolute atomic E-state index is 0.645. The molecule has 1 aliphatic rings. The van der Waals surface area contributed by atoms with Crippen molar-refractivity contribution in [2.45, 2.75) is 155 Å². The van der Waals surface area contributed by atoms with Crippen LogP contribution in [0.15, 0.2) is 12.4 Å². The molecule has 0 bridgehead atoms. The van der Waals surface area contributed by atoms with Crippen LogP contribution in [0, 0.1) is 0 Å². The van der Waals surface area contributed by atoms with E-state index in [0.29, 0.717) is 6.17 Å². The van der Waals surface area contributed by atoms with Crippen molar-refractivity contribution in [2.24, 2.45) is 0 Å². The van der Waals surface area contributed by atoms with Crippen LogP contribution in [-0.4, -0.2) is 29.1 Å². The van der Waals surface area contributed by atoms with E-state index in [9.17, 15) is 0 Å². The van der Waals surface area contributed by atoms with Gasteiger partial charge in [0.2, 0.25) is 0 Å². The molecule has 1 aliphatic heterocycles. The van der Waals surface area contributed by atoms with Crippen LogP contribution in [0.5, 0.6) is 0 Å². The third-order valence-electron chi connectivity index (χ3n) is 6.82. The van der Waals surface area contributed by atoms with Crippen LogP contribution in [0.25, 0.3) is 0 Å². The Kier molecular flexibility index (Phi) is 18.5. The van der Waals surface area contributed by atoms with E-state index < -0.39 is 0 Å². The summed E-state index contributed by atoms with van der Waals surface area (Å²) < 4.78 is 0. The zero-order chi connectivity index (χ0) is 21.7. The average molecular weight is 421 g/mol. The molecule has 1 rings (SSSR count). The maximum atomic E-state index is 2.68. The van der Waals surface area contributed by atoms with Crippen LogP contribution in [0.4, 0.5) is 0 Å². The van der Waals surface area contributed by atoms with E-state index in [2.05, 4.69) is 43.0 Å². The lowest BCUT2D eigenvalue weighted by Crippen LogP contribution is -2.39. The van der Waals surface area contributed by atoms with E-state index in [1.165, 1.54) is 142 Å². The molecule has 0 radical (unpaired) electrons. The minimum Gasteiger partial charge on any atom is -0.356 e. The second kappa shape index (κ2) is 20.3. The van der Waals surface area contributed by atoms with E-state index >= 15 is 0 Å². The van der Waals surface area contributed by atoms with Gasteiger partial charge in [0.25, 0.3) is 0 Å². The second-order valence-electron chi connectivity index (χ2n) is 9.70. The van der Waals surface area contributed by atoms with Crippen molar-refractivity contribution in [3.05, 3.63) is 12.4 Å². The maximum Gasteiger partial charge on any atom is 0.101 e. The summed E-state index contributed by atoms with van der Waals surface area (Å²) in [6, 6.07) is 0. The Labute approximate surface area is 190 Å². The van der Waals surface area contributed by atoms with Gasteiger partial charge >= 0.3 is 0 Å². The van der Waals surface area contributed by atoms with Crippen molar-refractivity contribution in [2.75, 3.05) is 13.1 Å². The van der Waals surface area contributed by atoms with Crippen molar-refractivity contribution in [1.29, 1.82) is 0 Å². The molecular weight excluding hydrogens is 364 g/mol. The molecule has 1 unspecified atom stereocenters. The Hall–Kier alpha value is -0.660. The molecule has 0 aliphatic carbocycles. The first-order valence-electron chi connectivity index (χ1n) is 14.0. The van der Waals surface area contributed by atoms with Gasteiger partial charge in [0.05, 0.1) is 0 Å². The molecule has 0 aromatic carbocycles. The summed E-state index contributed by atoms with van der Waals surface area (Å²) in [7, 11) is 0. The maximum absolute atomic E-state index is 2.68. The monoisotopic (exact) mass is 420 g/mol. The smallest absolute Gasteiger partial charge is 0.101 e. The van der Waals surface area contributed by atoms with E-state index in [1.807, 2.05) is 0 Å². The second-order valence-corrected chi connectivity index (χ2v) is 9.70. The minimum atomic E-state index is 0.645. The van der Waals surface area contributed by atoms with Crippen molar-refractivity contribution >= 4 is 0 Å². The van der Waals surface area contributed by atoms with E-state index in [0.717, 1.165) is 0 Å². The van der Waals surface area contributed by atoms with E-state index in [-0.39, 0.29) is 0 Å². The Morgan fingerprint density at radius 3 is 1.17 bits per heavy atom. The summed E-state index contributed by atoms with van der Waals surface area (Å²) in [5.41, 5.74) is 0. The molecule has 0 amide bonds. The number of hydrogen-bond donors (Lipinski definition) is 0. The van der Waals surface area contributed by atoms with Crippen molar-refractivity contribution < 1.29 is 0 Å². The molecule has 1 atom stereocenters. The third kappa shape index (κ3) is 13.6. The Balaban J connectivity index is 2.28. The fourth-order valence-corrected chi connectivity index (χ4v) is 4.77. The molecule has 0 aromatic rings. The molecular formula is C28H56N2. The molecule has 0 saturated heterocycles. The molecule has 178 valence electrons. The fourth-order valence-electron chi connectivity index (χ4n) is 4.77. The van der Waals surface area contributed by atoms with Gasteiger partial charge in [-0.1, -0.05) is 124 Å². The van der Waals surface area contributed by atoms with Gasteiger partial charge < -0.3 is 9.80 Å². The topological polar surface area (TPSA) is 6.48 Å². The molecule has 2 heteroatoms. The average Bonchev–Trinajstić information content (AvgIpc) is 3.14. The highest BCUT2D eigenvalue weighted by Crippen LogP contribution is 2.23. The highest BCUT2D eigenvalue weighted by atomic mass is 15.4. The number of hydrogen-bond acceptors (Lipinski definition) is 2. The van der Waals surface area contributed by atoms with Crippen molar-refractivity contribution in [1.82, 2.24) is 9.80 Å². The van der Waals surface area contributed by atoms with Crippen LogP contribution in [-0.2, 0) is 0 Å². The molecule has 0 fully saturated rings. The predicted molar refractivity (Wildman–Crippen MR) is 136 cm³/mol. The van der Waals surface area contributed by atoms with Gasteiger partial charge in [0.1, 0.15) is 6.17 Å². The fraction of sp³-hybridized carbons (Fsp3) is 0.929. The SMILES string of the molecule is CCCCCCCCCCN1C=CN(CCCCCCC)C1CCCCCCCC. The lowest BCUT2D eigenvalue weighted by Gasteiger charge is -2.33. The quantitative estimate of drug-likeness (QED) is 0.161. The van der Waals surface area contributed by atoms with Gasteiger partial charge in [-0.15, -0.1) is 0 Å². The third-order valence-corrected chi connectivity index (χ3v) is 6.82. The molecule has 0 N–H and O–H groups in total. The Bertz CT molecular complexity index is 379. The van der Waals surface area contributed by atoms with E-state index in [4.69, 9.17) is 0 Å². The Morgan fingerprint density at radius 2 is 0.767 bits per heavy atom. The predicted octanol–water partition coefficient (Wildman–Crippen LogP) is 9.26. The molecule has 30 heavy (non-hydrogen) atoms. The van der Waals surface area contributed by atoms with Gasteiger partial charge in [0.15, 0.2) is 0 Å². The first-order valence-corrected chi connectivity index (χ1v) is 14.0. The highest BCUT2D eigenvalue weighted by Gasteiger charge is 2.24. The van der Waals surface area contributed by atoms with Crippen LogP contribution in [0.3, 0.4) is 0 Å². The van der Waals surface area contributed by atoms with Gasteiger partial charge in [0, 0.05) is 25.5 Å². The van der Waals surface area contributed by atoms with Gasteiger partial charge in [-0.25, -0.2) is 0 Å². The summed E-state index contributed by atoms with van der Waals surface area (Å²) in [6.07, 6.45) is 33.5. The molecule has 2 nitrogen and oxygen atoms in total. The van der Waals surface area contributed by atoms with Gasteiger partial charge in [-0.3, -0.25) is 0 Å². The largest absolute Gasteiger partial charge is 0.356 e. The number of unbranched alkanes of at least 4 members (excludes halogenated alkanes) is 16. The van der Waals surface area contributed by atoms with Crippen LogP contribution < -0.4 is 0 Å². The zero-order valence-electron chi connectivity index (χ0n) is 21.2. The lowest BCUT2D eigenvalue weighted by atomic mass is 10.1. The molecule has 0 saturated carbocycles. The lowest BCUT2D eigenvalue weighted by molar-refractivity contribution is 0.135. The van der Waals surface area contributed by atoms with Crippen molar-refractivity contribution in [3.8, 4) is 0 Å². The number of rotatable bonds is 22. The van der Waals surface area contributed by atoms with Crippen LogP contribution in [0.2, 0.25) is 0 Å². The molecule has 0 aromatic heterocycles. The van der Waals surface area contributed by atoms with Gasteiger partial charge in [-0.05, 0) is 25.7 Å². The molecule has 0 spiro atoms. The van der Waals surface area contributed by atoms with Crippen LogP contribution in [0.1, 0.15) is 149 Å². The zero-order valence-corrected chi connectivity index (χ0v) is 21.2. The summed E-state index contributed by atoms with van der Waals surface area (Å²) in [4.78, 5) is 5.35. The Morgan fingerprint density at radius 1 is 0.433 bits per heavy atom. The molecule has 1 heterocycles. The van der Waals surface area contributed by atoms with Gasteiger partial charge in [-0.2, -0.15) is 0 Å². The van der Waals surface area contributed by atoms with Crippen molar-refractivity contribution in [3.63, 3.8) is 0 Å². The summed E-state index contributed by atoms with van der Waals surface area (Å²) in [5, 5.41) is 0. The summed E-state index contributed by atoms with van der Waals surface area (Å²) in [5.74, 6) is 0. The van der Waals surface area contributed by atoms with Crippen LogP contribution >= 0.6 is 0 Å². The first kappa shape index (κ1) is 27.4. The number of nitrogens with zero attached hydrogens (tertiary/aromatic N) is 2. The first-order chi connectivity index (χ1) is 14.8. The highest BCUT2D eigenvalue weighted by molar-refractivity contribution is 4.97. The summed E-state index contributed by atoms with van der Waals surface area (Å²) in [6.45, 7) is 9.45. The van der Waals surface area contributed by atoms with E-state index in [1.54, 1.807) is 0 Å². The standard InChI is InChI=1S/C28H56N2/c1-4-7-10-13-15-16-19-22-25-30-27-26-29(24-21-18-12-9-6-3)28(30)23-20-17-14-11-8-5-2/h26-28H,4-25H2,1-3H3.